The van der Waals surface area contributed by atoms with E-state index in [0.29, 0.717) is 11.3 Å². The number of hydrogen-bond donors (Lipinski definition) is 2. The van der Waals surface area contributed by atoms with Crippen molar-refractivity contribution in [2.45, 2.75) is 19.1 Å². The first-order valence-corrected chi connectivity index (χ1v) is 4.51. The van der Waals surface area contributed by atoms with Gasteiger partial charge in [-0.25, -0.2) is 0 Å². The Hall–Kier alpha value is -1.56. The Balaban J connectivity index is 2.76. The van der Waals surface area contributed by atoms with Gasteiger partial charge in [0.25, 0.3) is 5.91 Å². The third-order valence-corrected chi connectivity index (χ3v) is 2.04. The molecule has 1 aromatic carbocycles. The molecule has 0 aliphatic carbocycles. The second kappa shape index (κ2) is 4.52. The van der Waals surface area contributed by atoms with Crippen molar-refractivity contribution in [3.63, 3.8) is 0 Å². The van der Waals surface area contributed by atoms with Crippen LogP contribution in [-0.4, -0.2) is 18.1 Å². The lowest BCUT2D eigenvalue weighted by Crippen LogP contribution is -2.47. The number of benzene rings is 1. The quantitative estimate of drug-likeness (QED) is 0.817. The highest BCUT2D eigenvalue weighted by atomic mass is 19.4. The van der Waals surface area contributed by atoms with Gasteiger partial charge >= 0.3 is 6.18 Å². The van der Waals surface area contributed by atoms with Crippen molar-refractivity contribution in [2.75, 3.05) is 5.32 Å². The summed E-state index contributed by atoms with van der Waals surface area (Å²) in [7, 11) is 0. The lowest BCUT2D eigenvalue weighted by molar-refractivity contribution is -0.159. The molecule has 0 saturated heterocycles. The predicted molar refractivity (Wildman–Crippen MR) is 53.8 cm³/mol. The molecule has 1 rings (SSSR count). The second-order valence-electron chi connectivity index (χ2n) is 3.32. The zero-order valence-electron chi connectivity index (χ0n) is 8.51. The number of nitrogens with two attached hydrogens (primary N) is 1. The predicted octanol–water partition coefficient (Wildman–Crippen LogP) is 1.82. The summed E-state index contributed by atoms with van der Waals surface area (Å²) in [5.41, 5.74) is 5.75. The largest absolute Gasteiger partial charge is 0.412 e. The van der Waals surface area contributed by atoms with E-state index in [1.165, 1.54) is 6.07 Å². The average Bonchev–Trinajstić information content (AvgIpc) is 2.19. The van der Waals surface area contributed by atoms with E-state index in [1.54, 1.807) is 25.1 Å². The molecule has 1 aromatic rings. The van der Waals surface area contributed by atoms with E-state index in [4.69, 9.17) is 5.73 Å². The normalized spacial score (nSPS) is 13.3. The Labute approximate surface area is 90.4 Å². The first-order chi connectivity index (χ1) is 7.32. The van der Waals surface area contributed by atoms with Crippen LogP contribution < -0.4 is 11.1 Å². The molecule has 1 amide bonds. The molecule has 0 radical (unpaired) electrons. The van der Waals surface area contributed by atoms with Crippen LogP contribution in [0.3, 0.4) is 0 Å². The van der Waals surface area contributed by atoms with Crippen LogP contribution in [0.25, 0.3) is 0 Å². The van der Waals surface area contributed by atoms with Crippen LogP contribution in [0.5, 0.6) is 0 Å². The first kappa shape index (κ1) is 12.5. The van der Waals surface area contributed by atoms with Crippen LogP contribution in [0.4, 0.5) is 18.9 Å². The van der Waals surface area contributed by atoms with Crippen molar-refractivity contribution in [3.8, 4) is 0 Å². The van der Waals surface area contributed by atoms with Gasteiger partial charge in [0.15, 0.2) is 6.04 Å². The molecule has 0 aromatic heterocycles. The Bertz CT molecular complexity index is 390. The van der Waals surface area contributed by atoms with Gasteiger partial charge in [-0.05, 0) is 18.6 Å². The molecular formula is C10H11F3N2O. The summed E-state index contributed by atoms with van der Waals surface area (Å²) in [6, 6.07) is 4.01. The lowest BCUT2D eigenvalue weighted by Gasteiger charge is -2.16. The highest BCUT2D eigenvalue weighted by Crippen LogP contribution is 2.20. The van der Waals surface area contributed by atoms with Gasteiger partial charge in [0, 0.05) is 5.69 Å². The fourth-order valence-corrected chi connectivity index (χ4v) is 1.07. The summed E-state index contributed by atoms with van der Waals surface area (Å²) < 4.78 is 36.4. The number of alkyl halides is 3. The Morgan fingerprint density at radius 1 is 1.38 bits per heavy atom. The number of halogens is 3. The summed E-state index contributed by atoms with van der Waals surface area (Å²) in [4.78, 5) is 11.2. The number of nitrogens with one attached hydrogen (secondary N) is 1. The van der Waals surface area contributed by atoms with Gasteiger partial charge in [-0.15, -0.1) is 0 Å². The van der Waals surface area contributed by atoms with Crippen molar-refractivity contribution in [2.24, 2.45) is 5.73 Å². The van der Waals surface area contributed by atoms with Gasteiger partial charge in [0.2, 0.25) is 0 Å². The molecule has 0 saturated carbocycles. The minimum Gasteiger partial charge on any atom is -0.324 e. The summed E-state index contributed by atoms with van der Waals surface area (Å²) in [6.07, 6.45) is -4.73. The van der Waals surface area contributed by atoms with E-state index < -0.39 is 18.1 Å². The number of para-hydroxylation sites is 1. The number of carbonyl (C=O) groups is 1. The molecule has 0 fully saturated rings. The molecule has 88 valence electrons. The van der Waals surface area contributed by atoms with E-state index in [1.807, 2.05) is 0 Å². The lowest BCUT2D eigenvalue weighted by atomic mass is 10.2. The van der Waals surface area contributed by atoms with Gasteiger partial charge in [-0.3, -0.25) is 4.79 Å². The standard InChI is InChI=1S/C10H11F3N2O/c1-6-4-2-3-5-7(6)15-9(16)8(14)10(11,12)13/h2-5,8H,14H2,1H3,(H,15,16). The first-order valence-electron chi connectivity index (χ1n) is 4.51. The Morgan fingerprint density at radius 3 is 2.44 bits per heavy atom. The number of carbonyl (C=O) groups excluding carboxylic acids is 1. The zero-order valence-corrected chi connectivity index (χ0v) is 8.51. The van der Waals surface area contributed by atoms with Crippen molar-refractivity contribution in [1.29, 1.82) is 0 Å². The van der Waals surface area contributed by atoms with Crippen LogP contribution in [0, 0.1) is 6.92 Å². The zero-order chi connectivity index (χ0) is 12.3. The van der Waals surface area contributed by atoms with Gasteiger partial charge in [-0.1, -0.05) is 18.2 Å². The molecule has 0 heterocycles. The average molecular weight is 232 g/mol. The van der Waals surface area contributed by atoms with E-state index in [2.05, 4.69) is 5.32 Å². The molecule has 0 spiro atoms. The highest BCUT2D eigenvalue weighted by Gasteiger charge is 2.42. The molecule has 16 heavy (non-hydrogen) atoms. The van der Waals surface area contributed by atoms with Gasteiger partial charge in [-0.2, -0.15) is 13.2 Å². The highest BCUT2D eigenvalue weighted by molar-refractivity contribution is 5.95. The monoisotopic (exact) mass is 232 g/mol. The molecule has 3 nitrogen and oxygen atoms in total. The molecule has 1 unspecified atom stereocenters. The third kappa shape index (κ3) is 2.96. The molecule has 1 atom stereocenters. The minimum absolute atomic E-state index is 0.326. The van der Waals surface area contributed by atoms with Gasteiger partial charge in [0.05, 0.1) is 0 Å². The van der Waals surface area contributed by atoms with Crippen LogP contribution in [0.15, 0.2) is 24.3 Å². The second-order valence-corrected chi connectivity index (χ2v) is 3.32. The molecular weight excluding hydrogens is 221 g/mol. The molecule has 6 heteroatoms. The Morgan fingerprint density at radius 2 is 1.94 bits per heavy atom. The van der Waals surface area contributed by atoms with Gasteiger partial charge < -0.3 is 11.1 Å². The summed E-state index contributed by atoms with van der Waals surface area (Å²) in [5.74, 6) is -1.26. The molecule has 0 aliphatic heterocycles. The van der Waals surface area contributed by atoms with E-state index in [0.717, 1.165) is 0 Å². The maximum atomic E-state index is 12.1. The summed E-state index contributed by atoms with van der Waals surface area (Å²) >= 11 is 0. The fraction of sp³-hybridized carbons (Fsp3) is 0.300. The van der Waals surface area contributed by atoms with E-state index >= 15 is 0 Å². The smallest absolute Gasteiger partial charge is 0.324 e. The maximum absolute atomic E-state index is 12.1. The SMILES string of the molecule is Cc1ccccc1NC(=O)C(N)C(F)(F)F. The van der Waals surface area contributed by atoms with Crippen molar-refractivity contribution >= 4 is 11.6 Å². The molecule has 0 bridgehead atoms. The maximum Gasteiger partial charge on any atom is 0.412 e. The summed E-state index contributed by atoms with van der Waals surface area (Å²) in [6.45, 7) is 1.68. The number of rotatable bonds is 2. The minimum atomic E-state index is -4.73. The summed E-state index contributed by atoms with van der Waals surface area (Å²) in [5, 5.41) is 2.13. The van der Waals surface area contributed by atoms with Crippen molar-refractivity contribution in [1.82, 2.24) is 0 Å². The van der Waals surface area contributed by atoms with Crippen molar-refractivity contribution < 1.29 is 18.0 Å². The number of aryl methyl sites for hydroxylation is 1. The van der Waals surface area contributed by atoms with Crippen LogP contribution in [0.2, 0.25) is 0 Å². The number of hydrogen-bond acceptors (Lipinski definition) is 2. The number of amides is 1. The van der Waals surface area contributed by atoms with Crippen molar-refractivity contribution in [3.05, 3.63) is 29.8 Å². The third-order valence-electron chi connectivity index (χ3n) is 2.04. The van der Waals surface area contributed by atoms with E-state index in [-0.39, 0.29) is 0 Å². The Kier molecular flexibility index (Phi) is 3.54. The fourth-order valence-electron chi connectivity index (χ4n) is 1.07. The molecule has 3 N–H and O–H groups in total. The number of anilines is 1. The topological polar surface area (TPSA) is 55.1 Å². The van der Waals surface area contributed by atoms with Crippen LogP contribution >= 0.6 is 0 Å². The molecule has 0 aliphatic rings. The van der Waals surface area contributed by atoms with E-state index in [9.17, 15) is 18.0 Å². The van der Waals surface area contributed by atoms with Gasteiger partial charge in [0.1, 0.15) is 0 Å². The van der Waals surface area contributed by atoms with Crippen LogP contribution in [-0.2, 0) is 4.79 Å². The van der Waals surface area contributed by atoms with Crippen LogP contribution in [0.1, 0.15) is 5.56 Å².